The van der Waals surface area contributed by atoms with Crippen LogP contribution in [-0.2, 0) is 16.6 Å². The Labute approximate surface area is 163 Å². The number of phenols is 1. The lowest BCUT2D eigenvalue weighted by atomic mass is 9.53. The fraction of sp³-hybridized carbons (Fsp3) is 0.600. The molecule has 4 aliphatic rings. The standard InChI is InChI=1S/C17H19NO3.C2H6O.CH3Br/c1-18-7-6-17-10-3-5-13(20)16(17)21-15-12(19)4-2-9(14(15)17)8-11(10)18;1-3-2;1-2/h2-5,10-11,13,16,19-20H,6-8H2,1H3;1-2H3;1H3/t10-,11+,13-,16-,17-;;/m0../s1. The number of methoxy groups -OCH3 is 1. The minimum Gasteiger partial charge on any atom is -0.504 e. The van der Waals surface area contributed by atoms with Crippen molar-refractivity contribution in [3.8, 4) is 11.5 Å². The highest BCUT2D eigenvalue weighted by atomic mass is 79.9. The number of halogens is 1. The lowest BCUT2D eigenvalue weighted by molar-refractivity contribution is -0.0453. The molecule has 2 aliphatic heterocycles. The average Bonchev–Trinajstić information content (AvgIpc) is 3.00. The molecule has 5 rings (SSSR count). The Bertz CT molecular complexity index is 695. The molecule has 1 saturated heterocycles. The van der Waals surface area contributed by atoms with Crippen molar-refractivity contribution >= 4 is 15.9 Å². The SMILES string of the molecule is CBr.CN1CC[C@]23c4c5ccc(O)c4O[C@H]2[C@@H](O)C=C[C@H]3[C@H]1C5.COC. The van der Waals surface area contributed by atoms with Gasteiger partial charge in [-0.1, -0.05) is 34.1 Å². The maximum absolute atomic E-state index is 10.4. The first-order valence-electron chi connectivity index (χ1n) is 8.91. The molecule has 0 radical (unpaired) electrons. The molecule has 144 valence electrons. The number of likely N-dealkylation sites (N-methyl/N-ethyl adjacent to an activating group) is 1. The Balaban J connectivity index is 0.000000359. The molecular formula is C20H28BrNO4. The molecule has 26 heavy (non-hydrogen) atoms. The first-order chi connectivity index (χ1) is 12.5. The van der Waals surface area contributed by atoms with E-state index in [-0.39, 0.29) is 17.3 Å². The number of ether oxygens (including phenoxy) is 2. The maximum Gasteiger partial charge on any atom is 0.165 e. The zero-order chi connectivity index (χ0) is 19.1. The molecule has 0 amide bonds. The van der Waals surface area contributed by atoms with Gasteiger partial charge >= 0.3 is 0 Å². The Morgan fingerprint density at radius 3 is 2.65 bits per heavy atom. The number of benzene rings is 1. The summed E-state index contributed by atoms with van der Waals surface area (Å²) in [5.74, 6) is 3.00. The molecule has 1 fully saturated rings. The second-order valence-electron chi connectivity index (χ2n) is 7.34. The quantitative estimate of drug-likeness (QED) is 0.493. The molecule has 2 N–H and O–H groups in total. The van der Waals surface area contributed by atoms with Crippen molar-refractivity contribution in [3.05, 3.63) is 35.4 Å². The average molecular weight is 426 g/mol. The van der Waals surface area contributed by atoms with Gasteiger partial charge in [-0.2, -0.15) is 0 Å². The maximum atomic E-state index is 10.4. The van der Waals surface area contributed by atoms with E-state index in [4.69, 9.17) is 4.74 Å². The molecule has 0 aromatic heterocycles. The Kier molecular flexibility index (Phi) is 5.68. The normalized spacial score (nSPS) is 35.3. The molecule has 5 nitrogen and oxygen atoms in total. The molecule has 0 unspecified atom stereocenters. The minimum atomic E-state index is -0.594. The highest BCUT2D eigenvalue weighted by Crippen LogP contribution is 2.62. The van der Waals surface area contributed by atoms with Crippen molar-refractivity contribution in [2.24, 2.45) is 5.92 Å². The van der Waals surface area contributed by atoms with Gasteiger partial charge in [0.2, 0.25) is 0 Å². The molecule has 2 aliphatic carbocycles. The van der Waals surface area contributed by atoms with E-state index in [9.17, 15) is 10.2 Å². The van der Waals surface area contributed by atoms with E-state index in [0.29, 0.717) is 17.7 Å². The fourth-order valence-corrected chi connectivity index (χ4v) is 5.24. The number of hydrogen-bond donors (Lipinski definition) is 2. The number of piperidine rings is 1. The summed E-state index contributed by atoms with van der Waals surface area (Å²) in [5, 5.41) is 20.6. The number of likely N-dealkylation sites (tertiary alicyclic amines) is 1. The second-order valence-corrected chi connectivity index (χ2v) is 7.34. The molecular weight excluding hydrogens is 398 g/mol. The van der Waals surface area contributed by atoms with Crippen molar-refractivity contribution in [2.45, 2.75) is 36.5 Å². The number of aliphatic hydroxyl groups is 1. The summed E-state index contributed by atoms with van der Waals surface area (Å²) in [4.78, 5) is 2.43. The third-order valence-corrected chi connectivity index (χ3v) is 6.15. The van der Waals surface area contributed by atoms with E-state index < -0.39 is 6.10 Å². The van der Waals surface area contributed by atoms with Crippen LogP contribution >= 0.6 is 15.9 Å². The molecule has 1 aromatic carbocycles. The molecule has 1 aromatic rings. The van der Waals surface area contributed by atoms with Gasteiger partial charge in [-0.25, -0.2) is 0 Å². The van der Waals surface area contributed by atoms with Crippen molar-refractivity contribution in [3.63, 3.8) is 0 Å². The van der Waals surface area contributed by atoms with E-state index in [2.05, 4.69) is 38.7 Å². The topological polar surface area (TPSA) is 62.2 Å². The number of rotatable bonds is 0. The van der Waals surface area contributed by atoms with Crippen molar-refractivity contribution in [2.75, 3.05) is 33.6 Å². The summed E-state index contributed by atoms with van der Waals surface area (Å²) < 4.78 is 10.3. The molecule has 2 heterocycles. The number of aromatic hydroxyl groups is 1. The number of hydrogen-bond acceptors (Lipinski definition) is 5. The molecule has 0 saturated carbocycles. The summed E-state index contributed by atoms with van der Waals surface area (Å²) in [6, 6.07) is 4.23. The van der Waals surface area contributed by atoms with Crippen molar-refractivity contribution in [1.29, 1.82) is 0 Å². The van der Waals surface area contributed by atoms with Gasteiger partial charge in [0, 0.05) is 37.2 Å². The Hall–Kier alpha value is -1.08. The van der Waals surface area contributed by atoms with E-state index in [1.54, 1.807) is 20.3 Å². The first kappa shape index (κ1) is 19.7. The molecule has 1 spiro atoms. The van der Waals surface area contributed by atoms with Gasteiger partial charge in [-0.15, -0.1) is 0 Å². The van der Waals surface area contributed by atoms with E-state index >= 15 is 0 Å². The first-order valence-corrected chi connectivity index (χ1v) is 10.5. The number of phenolic OH excluding ortho intramolecular Hbond substituents is 1. The number of aliphatic hydroxyl groups excluding tert-OH is 1. The van der Waals surface area contributed by atoms with Gasteiger partial charge < -0.3 is 24.6 Å². The third-order valence-electron chi connectivity index (χ3n) is 6.15. The smallest absolute Gasteiger partial charge is 0.165 e. The summed E-state index contributed by atoms with van der Waals surface area (Å²) in [5.41, 5.74) is 2.29. The lowest BCUT2D eigenvalue weighted by Crippen LogP contribution is -2.64. The van der Waals surface area contributed by atoms with Crippen molar-refractivity contribution < 1.29 is 19.7 Å². The predicted molar refractivity (Wildman–Crippen MR) is 105 cm³/mol. The van der Waals surface area contributed by atoms with Gasteiger partial charge in [0.25, 0.3) is 0 Å². The van der Waals surface area contributed by atoms with Gasteiger partial charge in [-0.05, 0) is 43.9 Å². The van der Waals surface area contributed by atoms with Gasteiger partial charge in [0.1, 0.15) is 12.2 Å². The summed E-state index contributed by atoms with van der Waals surface area (Å²) in [6.45, 7) is 1.01. The van der Waals surface area contributed by atoms with Crippen molar-refractivity contribution in [1.82, 2.24) is 4.90 Å². The monoisotopic (exact) mass is 425 g/mol. The Morgan fingerprint density at radius 2 is 1.96 bits per heavy atom. The summed E-state index contributed by atoms with van der Waals surface area (Å²) in [7, 11) is 5.44. The summed E-state index contributed by atoms with van der Waals surface area (Å²) in [6.07, 6.45) is 5.18. The lowest BCUT2D eigenvalue weighted by Gasteiger charge is -2.56. The number of nitrogens with zero attached hydrogens (tertiary/aromatic N) is 1. The minimum absolute atomic E-state index is 0.160. The van der Waals surface area contributed by atoms with Crippen LogP contribution in [-0.4, -0.2) is 67.0 Å². The van der Waals surface area contributed by atoms with Crippen LogP contribution in [0.4, 0.5) is 0 Å². The fourth-order valence-electron chi connectivity index (χ4n) is 5.24. The van der Waals surface area contributed by atoms with Crippen LogP contribution in [0.5, 0.6) is 11.5 Å². The summed E-state index contributed by atoms with van der Waals surface area (Å²) >= 11 is 2.94. The Morgan fingerprint density at radius 1 is 1.27 bits per heavy atom. The van der Waals surface area contributed by atoms with Gasteiger partial charge in [-0.3, -0.25) is 0 Å². The van der Waals surface area contributed by atoms with Crippen LogP contribution < -0.4 is 4.74 Å². The van der Waals surface area contributed by atoms with Gasteiger partial charge in [0.05, 0.1) is 0 Å². The largest absolute Gasteiger partial charge is 0.504 e. The number of alkyl halides is 1. The van der Waals surface area contributed by atoms with Crippen LogP contribution in [0.1, 0.15) is 17.5 Å². The van der Waals surface area contributed by atoms with Crippen LogP contribution in [0.2, 0.25) is 0 Å². The van der Waals surface area contributed by atoms with Gasteiger partial charge in [0.15, 0.2) is 11.5 Å². The van der Waals surface area contributed by atoms with E-state index in [1.807, 2.05) is 18.0 Å². The second kappa shape index (κ2) is 7.50. The molecule has 5 atom stereocenters. The molecule has 2 bridgehead atoms. The van der Waals surface area contributed by atoms with E-state index in [0.717, 1.165) is 19.4 Å². The zero-order valence-electron chi connectivity index (χ0n) is 15.8. The van der Waals surface area contributed by atoms with Crippen LogP contribution in [0.25, 0.3) is 0 Å². The highest BCUT2D eigenvalue weighted by Gasteiger charge is 2.64. The van der Waals surface area contributed by atoms with Crippen LogP contribution in [0.3, 0.4) is 0 Å². The zero-order valence-corrected chi connectivity index (χ0v) is 17.4. The predicted octanol–water partition coefficient (Wildman–Crippen LogP) is 2.47. The van der Waals surface area contributed by atoms with Crippen LogP contribution in [0.15, 0.2) is 24.3 Å². The molecule has 6 heteroatoms. The highest BCUT2D eigenvalue weighted by molar-refractivity contribution is 9.08. The van der Waals surface area contributed by atoms with E-state index in [1.165, 1.54) is 11.1 Å². The third kappa shape index (κ3) is 2.61. The van der Waals surface area contributed by atoms with Crippen LogP contribution in [0, 0.1) is 5.92 Å².